The number of hydrogen-bond acceptors (Lipinski definition) is 2. The highest BCUT2D eigenvalue weighted by Gasteiger charge is 2.29. The molecule has 0 fully saturated rings. The Morgan fingerprint density at radius 1 is 1.32 bits per heavy atom. The molecule has 1 heterocycles. The third-order valence-corrected chi connectivity index (χ3v) is 3.37. The summed E-state index contributed by atoms with van der Waals surface area (Å²) in [7, 11) is 0. The number of carbonyl (C=O) groups excluding carboxylic acids is 1. The molecule has 0 amide bonds. The minimum atomic E-state index is -4.18. The van der Waals surface area contributed by atoms with E-state index in [9.17, 15) is 18.0 Å². The Hall–Kier alpha value is -1.36. The Bertz CT molecular complexity index is 456. The molecular weight excluding hydrogens is 255 g/mol. The summed E-state index contributed by atoms with van der Waals surface area (Å²) in [4.78, 5) is 12.0. The Labute approximate surface area is 110 Å². The first-order valence-corrected chi connectivity index (χ1v) is 6.35. The average Bonchev–Trinajstić information content (AvgIpc) is 2.36. The van der Waals surface area contributed by atoms with Crippen LogP contribution in [-0.2, 0) is 11.3 Å². The topological polar surface area (TPSA) is 29.1 Å². The number of fused-ring (bicyclic) bond motifs is 1. The molecule has 0 radical (unpaired) electrons. The molecule has 0 aliphatic carbocycles. The van der Waals surface area contributed by atoms with E-state index in [2.05, 4.69) is 5.32 Å². The number of nitrogens with one attached hydrogen (secondary N) is 1. The summed E-state index contributed by atoms with van der Waals surface area (Å²) < 4.78 is 36.2. The predicted molar refractivity (Wildman–Crippen MR) is 65.8 cm³/mol. The van der Waals surface area contributed by atoms with Crippen LogP contribution < -0.4 is 5.32 Å². The molecule has 2 nitrogen and oxygen atoms in total. The summed E-state index contributed by atoms with van der Waals surface area (Å²) in [5.74, 6) is -0.415. The van der Waals surface area contributed by atoms with Gasteiger partial charge in [0, 0.05) is 25.9 Å². The van der Waals surface area contributed by atoms with Gasteiger partial charge in [0.15, 0.2) is 0 Å². The highest BCUT2D eigenvalue weighted by molar-refractivity contribution is 5.86. The molecule has 0 spiro atoms. The summed E-state index contributed by atoms with van der Waals surface area (Å²) in [6.45, 7) is 1.23. The van der Waals surface area contributed by atoms with E-state index in [4.69, 9.17) is 0 Å². The van der Waals surface area contributed by atoms with Crippen LogP contribution in [0.25, 0.3) is 0 Å². The Morgan fingerprint density at radius 3 is 2.79 bits per heavy atom. The third kappa shape index (κ3) is 3.80. The molecule has 5 heteroatoms. The first-order valence-electron chi connectivity index (χ1n) is 6.35. The van der Waals surface area contributed by atoms with Gasteiger partial charge in [0.05, 0.1) is 5.92 Å². The maximum absolute atomic E-state index is 12.1. The van der Waals surface area contributed by atoms with E-state index in [0.717, 1.165) is 11.1 Å². The van der Waals surface area contributed by atoms with Crippen LogP contribution in [-0.4, -0.2) is 18.5 Å². The van der Waals surface area contributed by atoms with Gasteiger partial charge in [0.1, 0.15) is 5.78 Å². The van der Waals surface area contributed by atoms with Crippen LogP contribution in [0.4, 0.5) is 13.2 Å². The summed E-state index contributed by atoms with van der Waals surface area (Å²) in [6.07, 6.45) is -5.20. The van der Waals surface area contributed by atoms with Crippen molar-refractivity contribution in [1.82, 2.24) is 5.32 Å². The van der Waals surface area contributed by atoms with E-state index in [1.165, 1.54) is 0 Å². The molecule has 1 atom stereocenters. The van der Waals surface area contributed by atoms with Crippen LogP contribution in [0.2, 0.25) is 0 Å². The molecule has 104 valence electrons. The first kappa shape index (κ1) is 14.1. The number of halogens is 3. The second-order valence-corrected chi connectivity index (χ2v) is 4.82. The van der Waals surface area contributed by atoms with Crippen LogP contribution in [0, 0.1) is 0 Å². The molecule has 0 aromatic heterocycles. The number of carbonyl (C=O) groups is 1. The van der Waals surface area contributed by atoms with E-state index >= 15 is 0 Å². The van der Waals surface area contributed by atoms with Crippen molar-refractivity contribution < 1.29 is 18.0 Å². The zero-order valence-electron chi connectivity index (χ0n) is 10.5. The summed E-state index contributed by atoms with van der Waals surface area (Å²) >= 11 is 0. The number of benzene rings is 1. The quantitative estimate of drug-likeness (QED) is 0.911. The van der Waals surface area contributed by atoms with E-state index < -0.39 is 12.6 Å². The fraction of sp³-hybridized carbons (Fsp3) is 0.500. The van der Waals surface area contributed by atoms with Gasteiger partial charge in [-0.25, -0.2) is 0 Å². The van der Waals surface area contributed by atoms with Crippen molar-refractivity contribution >= 4 is 5.78 Å². The lowest BCUT2D eigenvalue weighted by Gasteiger charge is -2.25. The minimum absolute atomic E-state index is 0.0137. The monoisotopic (exact) mass is 271 g/mol. The highest BCUT2D eigenvalue weighted by Crippen LogP contribution is 2.28. The fourth-order valence-corrected chi connectivity index (χ4v) is 2.42. The molecule has 19 heavy (non-hydrogen) atoms. The molecular formula is C14H16F3NO. The third-order valence-electron chi connectivity index (χ3n) is 3.37. The molecule has 0 saturated carbocycles. The largest absolute Gasteiger partial charge is 0.389 e. The maximum atomic E-state index is 12.1. The zero-order valence-corrected chi connectivity index (χ0v) is 10.5. The highest BCUT2D eigenvalue weighted by atomic mass is 19.4. The van der Waals surface area contributed by atoms with Gasteiger partial charge in [-0.1, -0.05) is 24.3 Å². The lowest BCUT2D eigenvalue weighted by atomic mass is 9.86. The minimum Gasteiger partial charge on any atom is -0.312 e. The predicted octanol–water partition coefficient (Wildman–Crippen LogP) is 3.18. The van der Waals surface area contributed by atoms with Gasteiger partial charge < -0.3 is 5.32 Å². The molecule has 0 saturated heterocycles. The van der Waals surface area contributed by atoms with E-state index in [1.54, 1.807) is 0 Å². The molecule has 1 aromatic rings. The lowest BCUT2D eigenvalue weighted by Crippen LogP contribution is -2.32. The number of alkyl halides is 3. The van der Waals surface area contributed by atoms with Gasteiger partial charge in [0.25, 0.3) is 0 Å². The molecule has 0 bridgehead atoms. The van der Waals surface area contributed by atoms with Gasteiger partial charge in [-0.2, -0.15) is 13.2 Å². The zero-order chi connectivity index (χ0) is 13.9. The van der Waals surface area contributed by atoms with E-state index in [0.29, 0.717) is 13.1 Å². The Morgan fingerprint density at radius 2 is 2.05 bits per heavy atom. The van der Waals surface area contributed by atoms with Crippen molar-refractivity contribution in [2.75, 3.05) is 6.54 Å². The molecule has 1 aromatic carbocycles. The van der Waals surface area contributed by atoms with Crippen LogP contribution >= 0.6 is 0 Å². The van der Waals surface area contributed by atoms with Gasteiger partial charge >= 0.3 is 6.18 Å². The molecule has 1 aliphatic heterocycles. The van der Waals surface area contributed by atoms with Crippen molar-refractivity contribution in [2.45, 2.75) is 37.9 Å². The normalized spacial score (nSPS) is 19.0. The van der Waals surface area contributed by atoms with Gasteiger partial charge in [0.2, 0.25) is 0 Å². The van der Waals surface area contributed by atoms with Gasteiger partial charge in [-0.3, -0.25) is 4.79 Å². The summed E-state index contributed by atoms with van der Waals surface area (Å²) in [5, 5.41) is 3.14. The number of ketones is 1. The second kappa shape index (κ2) is 5.74. The van der Waals surface area contributed by atoms with Crippen LogP contribution in [0.1, 0.15) is 36.3 Å². The fourth-order valence-electron chi connectivity index (χ4n) is 2.42. The second-order valence-electron chi connectivity index (χ2n) is 4.82. The number of hydrogen-bond donors (Lipinski definition) is 1. The standard InChI is InChI=1S/C14H16F3NO/c15-14(16,17)7-3-6-13(19)12-9-18-8-10-4-1-2-5-11(10)12/h1-2,4-5,12,18H,3,6-9H2. The molecule has 1 N–H and O–H groups in total. The van der Waals surface area contributed by atoms with Crippen molar-refractivity contribution in [3.63, 3.8) is 0 Å². The Kier molecular flexibility index (Phi) is 4.24. The SMILES string of the molecule is O=C(CCCC(F)(F)F)C1CNCc2ccccc21. The van der Waals surface area contributed by atoms with Crippen molar-refractivity contribution in [1.29, 1.82) is 0 Å². The average molecular weight is 271 g/mol. The molecule has 1 aliphatic rings. The lowest BCUT2D eigenvalue weighted by molar-refractivity contribution is -0.137. The van der Waals surface area contributed by atoms with Crippen LogP contribution in [0.15, 0.2) is 24.3 Å². The summed E-state index contributed by atoms with van der Waals surface area (Å²) in [6, 6.07) is 7.59. The first-order chi connectivity index (χ1) is 8.97. The van der Waals surface area contributed by atoms with Gasteiger partial charge in [-0.05, 0) is 17.5 Å². The van der Waals surface area contributed by atoms with Crippen molar-refractivity contribution in [2.24, 2.45) is 0 Å². The number of rotatable bonds is 4. The van der Waals surface area contributed by atoms with Crippen LogP contribution in [0.3, 0.4) is 0 Å². The van der Waals surface area contributed by atoms with Crippen LogP contribution in [0.5, 0.6) is 0 Å². The smallest absolute Gasteiger partial charge is 0.312 e. The Balaban J connectivity index is 1.97. The summed E-state index contributed by atoms with van der Waals surface area (Å²) in [5.41, 5.74) is 2.01. The van der Waals surface area contributed by atoms with E-state index in [-0.39, 0.29) is 24.5 Å². The van der Waals surface area contributed by atoms with Gasteiger partial charge in [-0.15, -0.1) is 0 Å². The molecule has 2 rings (SSSR count). The van der Waals surface area contributed by atoms with Crippen molar-refractivity contribution in [3.05, 3.63) is 35.4 Å². The van der Waals surface area contributed by atoms with Crippen molar-refractivity contribution in [3.8, 4) is 0 Å². The number of Topliss-reactive ketones (excluding diaryl/α,β-unsaturated/α-hetero) is 1. The molecule has 1 unspecified atom stereocenters. The van der Waals surface area contributed by atoms with E-state index in [1.807, 2.05) is 24.3 Å². The maximum Gasteiger partial charge on any atom is 0.389 e.